The molecule has 0 aliphatic carbocycles. The highest BCUT2D eigenvalue weighted by molar-refractivity contribution is 6.06. The van der Waals surface area contributed by atoms with Gasteiger partial charge in [-0.05, 0) is 38.3 Å². The minimum absolute atomic E-state index is 0.0149. The molecule has 1 aliphatic heterocycles. The van der Waals surface area contributed by atoms with Crippen LogP contribution in [0.1, 0.15) is 25.3 Å². The maximum atomic E-state index is 12.3. The molecular formula is C19H24N4O3. The van der Waals surface area contributed by atoms with Crippen LogP contribution in [0.3, 0.4) is 0 Å². The van der Waals surface area contributed by atoms with Crippen molar-refractivity contribution in [1.29, 1.82) is 5.26 Å². The summed E-state index contributed by atoms with van der Waals surface area (Å²) in [5, 5.41) is 15.1. The van der Waals surface area contributed by atoms with Crippen molar-refractivity contribution in [1.82, 2.24) is 10.2 Å². The summed E-state index contributed by atoms with van der Waals surface area (Å²) < 4.78 is 4.99. The third-order valence-corrected chi connectivity index (χ3v) is 4.24. The van der Waals surface area contributed by atoms with E-state index in [2.05, 4.69) is 10.6 Å². The Labute approximate surface area is 153 Å². The van der Waals surface area contributed by atoms with Gasteiger partial charge >= 0.3 is 6.09 Å². The zero-order valence-corrected chi connectivity index (χ0v) is 15.1. The van der Waals surface area contributed by atoms with Gasteiger partial charge in [-0.25, -0.2) is 4.79 Å². The SMILES string of the molecule is CCOC(=O)N1CCC(N/C=C(/C#N)C(=O)Nc2ccccc2C)CC1. The molecule has 2 amide bonds. The lowest BCUT2D eigenvalue weighted by atomic mass is 10.1. The number of anilines is 1. The van der Waals surface area contributed by atoms with Crippen LogP contribution in [0.5, 0.6) is 0 Å². The standard InChI is InChI=1S/C19H24N4O3/c1-3-26-19(25)23-10-8-16(9-11-23)21-13-15(12-20)18(24)22-17-7-5-4-6-14(17)2/h4-7,13,16,21H,3,8-11H2,1-2H3,(H,22,24)/b15-13-. The monoisotopic (exact) mass is 356 g/mol. The maximum absolute atomic E-state index is 12.3. The number of nitrogens with one attached hydrogen (secondary N) is 2. The summed E-state index contributed by atoms with van der Waals surface area (Å²) in [5.41, 5.74) is 1.62. The van der Waals surface area contributed by atoms with Crippen LogP contribution in [0.15, 0.2) is 36.0 Å². The zero-order valence-electron chi connectivity index (χ0n) is 15.1. The molecule has 0 bridgehead atoms. The highest BCUT2D eigenvalue weighted by atomic mass is 16.6. The van der Waals surface area contributed by atoms with E-state index in [1.54, 1.807) is 17.9 Å². The molecule has 0 aromatic heterocycles. The van der Waals surface area contributed by atoms with Gasteiger partial charge < -0.3 is 20.3 Å². The quantitative estimate of drug-likeness (QED) is 0.624. The maximum Gasteiger partial charge on any atom is 0.409 e. The van der Waals surface area contributed by atoms with Crippen molar-refractivity contribution in [3.8, 4) is 6.07 Å². The molecule has 0 unspecified atom stereocenters. The summed E-state index contributed by atoms with van der Waals surface area (Å²) in [6.07, 6.45) is 2.62. The predicted octanol–water partition coefficient (Wildman–Crippen LogP) is 2.55. The second kappa shape index (κ2) is 9.47. The van der Waals surface area contributed by atoms with Gasteiger partial charge in [0, 0.05) is 31.0 Å². The molecule has 7 nitrogen and oxygen atoms in total. The van der Waals surface area contributed by atoms with Gasteiger partial charge in [-0.2, -0.15) is 5.26 Å². The Bertz CT molecular complexity index is 716. The van der Waals surface area contributed by atoms with Gasteiger partial charge in [-0.15, -0.1) is 0 Å². The van der Waals surface area contributed by atoms with Crippen LogP contribution in [0.2, 0.25) is 0 Å². The first-order chi connectivity index (χ1) is 12.5. The Morgan fingerprint density at radius 1 is 1.35 bits per heavy atom. The highest BCUT2D eigenvalue weighted by Gasteiger charge is 2.23. The molecule has 26 heavy (non-hydrogen) atoms. The number of aryl methyl sites for hydroxylation is 1. The first kappa shape index (κ1) is 19.3. The van der Waals surface area contributed by atoms with E-state index in [9.17, 15) is 14.9 Å². The number of rotatable bonds is 5. The molecule has 2 rings (SSSR count). The Balaban J connectivity index is 1.88. The molecular weight excluding hydrogens is 332 g/mol. The number of carbonyl (C=O) groups is 2. The summed E-state index contributed by atoms with van der Waals surface area (Å²) in [4.78, 5) is 25.6. The number of para-hydroxylation sites is 1. The molecule has 0 spiro atoms. The third-order valence-electron chi connectivity index (χ3n) is 4.24. The lowest BCUT2D eigenvalue weighted by molar-refractivity contribution is -0.112. The number of nitriles is 1. The molecule has 1 aliphatic rings. The molecule has 0 saturated carbocycles. The van der Waals surface area contributed by atoms with Gasteiger partial charge in [0.25, 0.3) is 5.91 Å². The molecule has 138 valence electrons. The minimum atomic E-state index is -0.446. The summed E-state index contributed by atoms with van der Waals surface area (Å²) in [5.74, 6) is -0.446. The summed E-state index contributed by atoms with van der Waals surface area (Å²) >= 11 is 0. The summed E-state index contributed by atoms with van der Waals surface area (Å²) in [6.45, 7) is 5.20. The molecule has 7 heteroatoms. The van der Waals surface area contributed by atoms with Crippen LogP contribution < -0.4 is 10.6 Å². The number of nitrogens with zero attached hydrogens (tertiary/aromatic N) is 2. The zero-order chi connectivity index (χ0) is 18.9. The number of hydrogen-bond acceptors (Lipinski definition) is 5. The molecule has 1 aromatic carbocycles. The van der Waals surface area contributed by atoms with Crippen molar-refractivity contribution < 1.29 is 14.3 Å². The van der Waals surface area contributed by atoms with Crippen LogP contribution in [0, 0.1) is 18.3 Å². The summed E-state index contributed by atoms with van der Waals surface area (Å²) in [7, 11) is 0. The molecule has 2 N–H and O–H groups in total. The molecule has 1 heterocycles. The number of hydrogen-bond donors (Lipinski definition) is 2. The van der Waals surface area contributed by atoms with Crippen molar-refractivity contribution in [2.24, 2.45) is 0 Å². The van der Waals surface area contributed by atoms with Gasteiger partial charge in [0.1, 0.15) is 11.6 Å². The van der Waals surface area contributed by atoms with Crippen LogP contribution in [0.4, 0.5) is 10.5 Å². The van der Waals surface area contributed by atoms with Gasteiger partial charge in [0.2, 0.25) is 0 Å². The average Bonchev–Trinajstić information content (AvgIpc) is 2.65. The smallest absolute Gasteiger partial charge is 0.409 e. The molecule has 1 saturated heterocycles. The first-order valence-electron chi connectivity index (χ1n) is 8.70. The fraction of sp³-hybridized carbons (Fsp3) is 0.421. The molecule has 0 radical (unpaired) electrons. The Kier molecular flexibility index (Phi) is 7.03. The number of ether oxygens (including phenoxy) is 1. The van der Waals surface area contributed by atoms with Crippen molar-refractivity contribution in [2.75, 3.05) is 25.0 Å². The van der Waals surface area contributed by atoms with E-state index in [0.29, 0.717) is 25.4 Å². The van der Waals surface area contributed by atoms with Crippen molar-refractivity contribution >= 4 is 17.7 Å². The highest BCUT2D eigenvalue weighted by Crippen LogP contribution is 2.15. The minimum Gasteiger partial charge on any atom is -0.450 e. The van der Waals surface area contributed by atoms with Gasteiger partial charge in [0.15, 0.2) is 0 Å². The second-order valence-electron chi connectivity index (χ2n) is 6.07. The Morgan fingerprint density at radius 2 is 2.04 bits per heavy atom. The van der Waals surface area contributed by atoms with Gasteiger partial charge in [0.05, 0.1) is 6.61 Å². The average molecular weight is 356 g/mol. The van der Waals surface area contributed by atoms with E-state index in [0.717, 1.165) is 18.4 Å². The van der Waals surface area contributed by atoms with Crippen LogP contribution in [-0.2, 0) is 9.53 Å². The number of likely N-dealkylation sites (tertiary alicyclic amines) is 1. The molecule has 1 fully saturated rings. The normalized spacial score (nSPS) is 15.1. The van der Waals surface area contributed by atoms with Gasteiger partial charge in [-0.3, -0.25) is 4.79 Å². The topological polar surface area (TPSA) is 94.5 Å². The summed E-state index contributed by atoms with van der Waals surface area (Å²) in [6, 6.07) is 9.43. The van der Waals surface area contributed by atoms with Gasteiger partial charge in [-0.1, -0.05) is 18.2 Å². The van der Waals surface area contributed by atoms with E-state index >= 15 is 0 Å². The number of piperidine rings is 1. The first-order valence-corrected chi connectivity index (χ1v) is 8.70. The Morgan fingerprint density at radius 3 is 2.65 bits per heavy atom. The van der Waals surface area contributed by atoms with E-state index < -0.39 is 5.91 Å². The van der Waals surface area contributed by atoms with E-state index in [4.69, 9.17) is 4.74 Å². The van der Waals surface area contributed by atoms with Crippen LogP contribution in [0.25, 0.3) is 0 Å². The lowest BCUT2D eigenvalue weighted by Gasteiger charge is -2.31. The Hall–Kier alpha value is -3.01. The fourth-order valence-corrected chi connectivity index (χ4v) is 2.70. The van der Waals surface area contributed by atoms with Crippen molar-refractivity contribution in [2.45, 2.75) is 32.7 Å². The van der Waals surface area contributed by atoms with E-state index in [1.807, 2.05) is 31.2 Å². The van der Waals surface area contributed by atoms with Crippen LogP contribution >= 0.6 is 0 Å². The molecule has 0 atom stereocenters. The number of carbonyl (C=O) groups excluding carboxylic acids is 2. The predicted molar refractivity (Wildman–Crippen MR) is 98.3 cm³/mol. The van der Waals surface area contributed by atoms with Crippen LogP contribution in [-0.4, -0.2) is 42.6 Å². The third kappa shape index (κ3) is 5.24. The van der Waals surface area contributed by atoms with E-state index in [-0.39, 0.29) is 17.7 Å². The number of benzene rings is 1. The number of amides is 2. The van der Waals surface area contributed by atoms with Crippen molar-refractivity contribution in [3.05, 3.63) is 41.6 Å². The fourth-order valence-electron chi connectivity index (χ4n) is 2.70. The molecule has 1 aromatic rings. The lowest BCUT2D eigenvalue weighted by Crippen LogP contribution is -2.44. The van der Waals surface area contributed by atoms with E-state index in [1.165, 1.54) is 6.20 Å². The second-order valence-corrected chi connectivity index (χ2v) is 6.07. The van der Waals surface area contributed by atoms with Crippen molar-refractivity contribution in [3.63, 3.8) is 0 Å². The largest absolute Gasteiger partial charge is 0.450 e.